The summed E-state index contributed by atoms with van der Waals surface area (Å²) >= 11 is 0. The van der Waals surface area contributed by atoms with Crippen molar-refractivity contribution in [2.24, 2.45) is 0 Å². The highest BCUT2D eigenvalue weighted by atomic mass is 16.6. The Labute approximate surface area is 224 Å². The SMILES string of the molecule is CCCOC(=O)NN1C(=O)[C@](NC(=O)c2ccc(OC)cc2)(C(=O)OCC)c2c1ccc1cc(OC)ccc21. The van der Waals surface area contributed by atoms with E-state index in [1.165, 1.54) is 26.4 Å². The van der Waals surface area contributed by atoms with Gasteiger partial charge in [-0.05, 0) is 66.6 Å². The second-order valence-electron chi connectivity index (χ2n) is 8.59. The molecule has 11 nitrogen and oxygen atoms in total. The Kier molecular flexibility index (Phi) is 7.89. The summed E-state index contributed by atoms with van der Waals surface area (Å²) in [5.41, 5.74) is 0.573. The number of methoxy groups -OCH3 is 2. The summed E-state index contributed by atoms with van der Waals surface area (Å²) in [6.45, 7) is 3.47. The molecule has 0 unspecified atom stereocenters. The largest absolute Gasteiger partial charge is 0.497 e. The lowest BCUT2D eigenvalue weighted by Gasteiger charge is -2.28. The molecule has 2 N–H and O–H groups in total. The molecule has 39 heavy (non-hydrogen) atoms. The summed E-state index contributed by atoms with van der Waals surface area (Å²) in [5.74, 6) is -1.59. The number of nitrogens with zero attached hydrogens (tertiary/aromatic N) is 1. The van der Waals surface area contributed by atoms with Gasteiger partial charge in [0.1, 0.15) is 11.5 Å². The Morgan fingerprint density at radius 1 is 0.897 bits per heavy atom. The van der Waals surface area contributed by atoms with Crippen molar-refractivity contribution in [1.29, 1.82) is 0 Å². The first-order valence-corrected chi connectivity index (χ1v) is 12.3. The topological polar surface area (TPSA) is 133 Å². The van der Waals surface area contributed by atoms with Crippen LogP contribution in [0.25, 0.3) is 10.8 Å². The Hall–Kier alpha value is -4.80. The molecule has 4 rings (SSSR count). The molecule has 1 aliphatic heterocycles. The number of anilines is 1. The molecule has 3 aromatic rings. The Morgan fingerprint density at radius 2 is 1.59 bits per heavy atom. The van der Waals surface area contributed by atoms with Crippen molar-refractivity contribution in [2.45, 2.75) is 25.8 Å². The minimum atomic E-state index is -2.32. The summed E-state index contributed by atoms with van der Waals surface area (Å²) in [6.07, 6.45) is -0.332. The van der Waals surface area contributed by atoms with Crippen LogP contribution in [0.2, 0.25) is 0 Å². The van der Waals surface area contributed by atoms with E-state index in [4.69, 9.17) is 18.9 Å². The van der Waals surface area contributed by atoms with E-state index in [2.05, 4.69) is 10.7 Å². The molecule has 0 radical (unpaired) electrons. The molecule has 0 saturated carbocycles. The maximum absolute atomic E-state index is 14.1. The van der Waals surface area contributed by atoms with Crippen LogP contribution in [0.1, 0.15) is 36.2 Å². The first kappa shape index (κ1) is 27.2. The lowest BCUT2D eigenvalue weighted by Crippen LogP contribution is -2.61. The fraction of sp³-hybridized carbons (Fsp3) is 0.286. The predicted octanol–water partition coefficient (Wildman–Crippen LogP) is 3.44. The molecule has 0 fully saturated rings. The minimum absolute atomic E-state index is 0.0633. The maximum atomic E-state index is 14.1. The third-order valence-corrected chi connectivity index (χ3v) is 6.22. The lowest BCUT2D eigenvalue weighted by atomic mass is 9.86. The van der Waals surface area contributed by atoms with E-state index in [1.54, 1.807) is 49.4 Å². The number of hydrogen-bond acceptors (Lipinski definition) is 8. The summed E-state index contributed by atoms with van der Waals surface area (Å²) in [7, 11) is 3.01. The van der Waals surface area contributed by atoms with E-state index in [1.807, 2.05) is 6.92 Å². The van der Waals surface area contributed by atoms with Gasteiger partial charge in [0.15, 0.2) is 0 Å². The van der Waals surface area contributed by atoms with Crippen LogP contribution in [0, 0.1) is 0 Å². The average molecular weight is 536 g/mol. The van der Waals surface area contributed by atoms with Gasteiger partial charge in [-0.1, -0.05) is 19.1 Å². The van der Waals surface area contributed by atoms with Crippen molar-refractivity contribution in [3.05, 3.63) is 65.7 Å². The van der Waals surface area contributed by atoms with Crippen LogP contribution in [-0.4, -0.2) is 51.3 Å². The number of benzene rings is 3. The van der Waals surface area contributed by atoms with Gasteiger partial charge in [0.2, 0.25) is 5.54 Å². The van der Waals surface area contributed by atoms with Crippen LogP contribution in [0.5, 0.6) is 11.5 Å². The number of nitrogens with one attached hydrogen (secondary N) is 2. The number of hydrazine groups is 1. The number of hydrogen-bond donors (Lipinski definition) is 2. The third-order valence-electron chi connectivity index (χ3n) is 6.22. The summed E-state index contributed by atoms with van der Waals surface area (Å²) in [4.78, 5) is 53.9. The van der Waals surface area contributed by atoms with Crippen molar-refractivity contribution in [1.82, 2.24) is 10.7 Å². The van der Waals surface area contributed by atoms with Gasteiger partial charge in [-0.15, -0.1) is 0 Å². The molecule has 1 heterocycles. The van der Waals surface area contributed by atoms with Crippen molar-refractivity contribution < 1.29 is 38.1 Å². The number of carbonyl (C=O) groups excluding carboxylic acids is 4. The van der Waals surface area contributed by atoms with Crippen LogP contribution < -0.4 is 25.2 Å². The lowest BCUT2D eigenvalue weighted by molar-refractivity contribution is -0.155. The quantitative estimate of drug-likeness (QED) is 0.315. The highest BCUT2D eigenvalue weighted by molar-refractivity contribution is 6.25. The first-order chi connectivity index (χ1) is 18.8. The van der Waals surface area contributed by atoms with Gasteiger partial charge >= 0.3 is 12.1 Å². The van der Waals surface area contributed by atoms with Crippen molar-refractivity contribution in [2.75, 3.05) is 32.4 Å². The predicted molar refractivity (Wildman–Crippen MR) is 142 cm³/mol. The van der Waals surface area contributed by atoms with Gasteiger partial charge < -0.3 is 24.3 Å². The van der Waals surface area contributed by atoms with Gasteiger partial charge in [0.05, 0.1) is 33.1 Å². The van der Waals surface area contributed by atoms with E-state index in [9.17, 15) is 19.2 Å². The zero-order valence-corrected chi connectivity index (χ0v) is 22.0. The van der Waals surface area contributed by atoms with Gasteiger partial charge in [0.25, 0.3) is 11.8 Å². The maximum Gasteiger partial charge on any atom is 0.426 e. The van der Waals surface area contributed by atoms with Crippen molar-refractivity contribution in [3.8, 4) is 11.5 Å². The summed E-state index contributed by atoms with van der Waals surface area (Å²) < 4.78 is 20.9. The Bertz CT molecular complexity index is 1420. The van der Waals surface area contributed by atoms with Crippen LogP contribution in [-0.2, 0) is 24.6 Å². The first-order valence-electron chi connectivity index (χ1n) is 12.3. The highest BCUT2D eigenvalue weighted by Gasteiger charge is 2.60. The third kappa shape index (κ3) is 4.90. The molecule has 3 amide bonds. The smallest absolute Gasteiger partial charge is 0.426 e. The highest BCUT2D eigenvalue weighted by Crippen LogP contribution is 2.45. The summed E-state index contributed by atoms with van der Waals surface area (Å²) in [6, 6.07) is 14.5. The number of rotatable bonds is 9. The van der Waals surface area contributed by atoms with Crippen LogP contribution in [0.15, 0.2) is 54.6 Å². The zero-order valence-electron chi connectivity index (χ0n) is 22.0. The van der Waals surface area contributed by atoms with Crippen molar-refractivity contribution >= 4 is 40.3 Å². The second kappa shape index (κ2) is 11.3. The van der Waals surface area contributed by atoms with E-state index in [0.29, 0.717) is 28.7 Å². The number of carbonyl (C=O) groups is 4. The molecule has 0 aliphatic carbocycles. The Balaban J connectivity index is 1.92. The average Bonchev–Trinajstić information content (AvgIpc) is 3.19. The van der Waals surface area contributed by atoms with E-state index in [0.717, 1.165) is 5.01 Å². The molecule has 0 bridgehead atoms. The fourth-order valence-corrected chi connectivity index (χ4v) is 4.40. The fourth-order valence-electron chi connectivity index (χ4n) is 4.40. The van der Waals surface area contributed by atoms with Crippen LogP contribution >= 0.6 is 0 Å². The molecule has 204 valence electrons. The van der Waals surface area contributed by atoms with Gasteiger partial charge in [-0.25, -0.2) is 20.0 Å². The van der Waals surface area contributed by atoms with Gasteiger partial charge in [-0.2, -0.15) is 0 Å². The number of esters is 1. The monoisotopic (exact) mass is 535 g/mol. The van der Waals surface area contributed by atoms with Gasteiger partial charge in [0, 0.05) is 11.1 Å². The molecule has 3 aromatic carbocycles. The molecular formula is C28H29N3O8. The van der Waals surface area contributed by atoms with Crippen LogP contribution in [0.4, 0.5) is 10.5 Å². The molecule has 0 aromatic heterocycles. The van der Waals surface area contributed by atoms with Gasteiger partial charge in [-0.3, -0.25) is 9.59 Å². The molecule has 1 atom stereocenters. The van der Waals surface area contributed by atoms with E-state index >= 15 is 0 Å². The minimum Gasteiger partial charge on any atom is -0.497 e. The van der Waals surface area contributed by atoms with Crippen LogP contribution in [0.3, 0.4) is 0 Å². The van der Waals surface area contributed by atoms with E-state index in [-0.39, 0.29) is 30.0 Å². The molecular weight excluding hydrogens is 506 g/mol. The zero-order chi connectivity index (χ0) is 28.2. The standard InChI is InChI=1S/C28H29N3O8/c1-5-15-39-27(35)30-31-22-14-9-18-16-20(37-4)12-13-21(18)23(22)28(25(31)33,26(34)38-6-2)29-24(32)17-7-10-19(36-3)11-8-17/h7-14,16H,5-6,15H2,1-4H3,(H,29,32)(H,30,35)/t28-/m0/s1. The molecule has 1 aliphatic rings. The number of fused-ring (bicyclic) bond motifs is 3. The molecule has 11 heteroatoms. The van der Waals surface area contributed by atoms with Crippen molar-refractivity contribution in [3.63, 3.8) is 0 Å². The number of amides is 3. The normalized spacial score (nSPS) is 15.9. The number of ether oxygens (including phenoxy) is 4. The van der Waals surface area contributed by atoms with E-state index < -0.39 is 29.4 Å². The second-order valence-corrected chi connectivity index (χ2v) is 8.59. The molecule has 0 saturated heterocycles. The summed E-state index contributed by atoms with van der Waals surface area (Å²) in [5, 5.41) is 4.64. The Morgan fingerprint density at radius 3 is 2.23 bits per heavy atom. The molecule has 0 spiro atoms.